The number of aryl methyl sites for hydroxylation is 3. The van der Waals surface area contributed by atoms with Gasteiger partial charge in [-0.3, -0.25) is 9.97 Å². The van der Waals surface area contributed by atoms with Gasteiger partial charge in [-0.25, -0.2) is 0 Å². The first-order valence-corrected chi connectivity index (χ1v) is 11.5. The van der Waals surface area contributed by atoms with Crippen LogP contribution in [-0.4, -0.2) is 19.6 Å². The Labute approximate surface area is 200 Å². The standard InChI is InChI=1S/C27H27N5S/c1-17-12-18(2)14-22(13-17)32-26(25(30-27(32)33)24-9-5-6-11-29-24)23-15-19(3)31(20(23)4)21-8-7-10-28-16-21/h5-16,25-26H,1-4H3,(H,30,33)/t25-,26+/m1/s1. The van der Waals surface area contributed by atoms with E-state index in [4.69, 9.17) is 12.2 Å². The summed E-state index contributed by atoms with van der Waals surface area (Å²) in [4.78, 5) is 11.3. The molecule has 1 aliphatic rings. The average molecular weight is 454 g/mol. The molecule has 0 radical (unpaired) electrons. The number of anilines is 1. The number of benzene rings is 1. The third-order valence-electron chi connectivity index (χ3n) is 6.28. The van der Waals surface area contributed by atoms with Gasteiger partial charge in [-0.05, 0) is 99.1 Å². The van der Waals surface area contributed by atoms with E-state index in [0.717, 1.165) is 22.8 Å². The predicted octanol–water partition coefficient (Wildman–Crippen LogP) is 5.68. The molecule has 0 aliphatic carbocycles. The monoisotopic (exact) mass is 453 g/mol. The van der Waals surface area contributed by atoms with Gasteiger partial charge in [0.1, 0.15) is 0 Å². The second-order valence-electron chi connectivity index (χ2n) is 8.72. The van der Waals surface area contributed by atoms with Crippen molar-refractivity contribution in [1.82, 2.24) is 19.9 Å². The molecule has 0 bridgehead atoms. The molecule has 1 N–H and O–H groups in total. The molecule has 4 heterocycles. The molecule has 6 heteroatoms. The molecule has 0 spiro atoms. The zero-order valence-corrected chi connectivity index (χ0v) is 20.1. The van der Waals surface area contributed by atoms with E-state index >= 15 is 0 Å². The summed E-state index contributed by atoms with van der Waals surface area (Å²) in [7, 11) is 0. The van der Waals surface area contributed by atoms with Gasteiger partial charge in [-0.2, -0.15) is 0 Å². The highest BCUT2D eigenvalue weighted by atomic mass is 32.1. The Hall–Kier alpha value is -3.51. The highest BCUT2D eigenvalue weighted by Gasteiger charge is 2.42. The van der Waals surface area contributed by atoms with Crippen molar-refractivity contribution < 1.29 is 0 Å². The number of rotatable bonds is 4. The topological polar surface area (TPSA) is 46.0 Å². The van der Waals surface area contributed by atoms with Gasteiger partial charge in [0.2, 0.25) is 0 Å². The summed E-state index contributed by atoms with van der Waals surface area (Å²) in [6.07, 6.45) is 5.55. The van der Waals surface area contributed by atoms with E-state index in [1.807, 2.05) is 30.6 Å². The van der Waals surface area contributed by atoms with Gasteiger partial charge in [0.05, 0.1) is 29.7 Å². The molecule has 1 aliphatic heterocycles. The van der Waals surface area contributed by atoms with Crippen molar-refractivity contribution in [3.05, 3.63) is 107 Å². The van der Waals surface area contributed by atoms with Gasteiger partial charge >= 0.3 is 0 Å². The first-order chi connectivity index (χ1) is 15.9. The van der Waals surface area contributed by atoms with Crippen LogP contribution in [0, 0.1) is 27.7 Å². The lowest BCUT2D eigenvalue weighted by molar-refractivity contribution is 0.565. The summed E-state index contributed by atoms with van der Waals surface area (Å²) in [5.41, 5.74) is 9.11. The van der Waals surface area contributed by atoms with Gasteiger partial charge in [0, 0.05) is 29.5 Å². The van der Waals surface area contributed by atoms with E-state index in [0.29, 0.717) is 5.11 Å². The molecule has 33 heavy (non-hydrogen) atoms. The van der Waals surface area contributed by atoms with Crippen LogP contribution >= 0.6 is 12.2 Å². The fourth-order valence-electron chi connectivity index (χ4n) is 5.01. The van der Waals surface area contributed by atoms with E-state index in [1.165, 1.54) is 22.4 Å². The molecule has 3 aromatic heterocycles. The highest BCUT2D eigenvalue weighted by Crippen LogP contribution is 2.44. The number of aromatic nitrogens is 3. The van der Waals surface area contributed by atoms with Crippen molar-refractivity contribution in [3.8, 4) is 5.69 Å². The lowest BCUT2D eigenvalue weighted by Crippen LogP contribution is -2.29. The fourth-order valence-corrected chi connectivity index (χ4v) is 5.36. The van der Waals surface area contributed by atoms with Crippen molar-refractivity contribution in [1.29, 1.82) is 0 Å². The van der Waals surface area contributed by atoms with Crippen LogP contribution in [0.5, 0.6) is 0 Å². The third kappa shape index (κ3) is 3.80. The molecule has 0 saturated carbocycles. The van der Waals surface area contributed by atoms with Crippen LogP contribution in [0.25, 0.3) is 5.69 Å². The molecular weight excluding hydrogens is 426 g/mol. The van der Waals surface area contributed by atoms with E-state index in [-0.39, 0.29) is 12.1 Å². The number of hydrogen-bond donors (Lipinski definition) is 1. The largest absolute Gasteiger partial charge is 0.351 e. The number of hydrogen-bond acceptors (Lipinski definition) is 3. The van der Waals surface area contributed by atoms with Gasteiger partial charge in [0.15, 0.2) is 5.11 Å². The van der Waals surface area contributed by atoms with Gasteiger partial charge in [0.25, 0.3) is 0 Å². The maximum atomic E-state index is 5.91. The lowest BCUT2D eigenvalue weighted by Gasteiger charge is -2.28. The molecule has 4 aromatic rings. The van der Waals surface area contributed by atoms with Crippen molar-refractivity contribution in [2.45, 2.75) is 39.8 Å². The summed E-state index contributed by atoms with van der Waals surface area (Å²) in [5, 5.41) is 4.29. The average Bonchev–Trinajstić information content (AvgIpc) is 3.29. The van der Waals surface area contributed by atoms with Crippen LogP contribution in [0.2, 0.25) is 0 Å². The van der Waals surface area contributed by atoms with Crippen LogP contribution < -0.4 is 10.2 Å². The quantitative estimate of drug-likeness (QED) is 0.403. The van der Waals surface area contributed by atoms with Gasteiger partial charge in [-0.15, -0.1) is 0 Å². The van der Waals surface area contributed by atoms with Crippen molar-refractivity contribution in [3.63, 3.8) is 0 Å². The second-order valence-corrected chi connectivity index (χ2v) is 9.10. The Morgan fingerprint density at radius 3 is 2.33 bits per heavy atom. The number of pyridine rings is 2. The number of nitrogens with zero attached hydrogens (tertiary/aromatic N) is 4. The van der Waals surface area contributed by atoms with Crippen molar-refractivity contribution >= 4 is 23.0 Å². The smallest absolute Gasteiger partial charge is 0.174 e. The first-order valence-electron chi connectivity index (χ1n) is 11.1. The predicted molar refractivity (Wildman–Crippen MR) is 137 cm³/mol. The number of nitrogens with one attached hydrogen (secondary N) is 1. The van der Waals surface area contributed by atoms with Crippen molar-refractivity contribution in [2.24, 2.45) is 0 Å². The molecule has 166 valence electrons. The molecule has 0 unspecified atom stereocenters. The van der Waals surface area contributed by atoms with Crippen LogP contribution in [0.1, 0.15) is 45.9 Å². The zero-order valence-electron chi connectivity index (χ0n) is 19.3. The molecule has 1 fully saturated rings. The normalized spacial score (nSPS) is 17.9. The SMILES string of the molecule is Cc1cc(C)cc(N2C(=S)N[C@H](c3ccccn3)[C@@H]2c2cc(C)n(-c3cccnc3)c2C)c1. The third-order valence-corrected chi connectivity index (χ3v) is 6.59. The summed E-state index contributed by atoms with van der Waals surface area (Å²) in [6, 6.07) is 18.9. The van der Waals surface area contributed by atoms with E-state index in [2.05, 4.69) is 88.8 Å². The fraction of sp³-hybridized carbons (Fsp3) is 0.222. The van der Waals surface area contributed by atoms with Crippen molar-refractivity contribution in [2.75, 3.05) is 4.90 Å². The van der Waals surface area contributed by atoms with E-state index in [9.17, 15) is 0 Å². The molecule has 1 saturated heterocycles. The summed E-state index contributed by atoms with van der Waals surface area (Å²) < 4.78 is 2.26. The minimum Gasteiger partial charge on any atom is -0.351 e. The van der Waals surface area contributed by atoms with Gasteiger partial charge < -0.3 is 14.8 Å². The van der Waals surface area contributed by atoms with Crippen LogP contribution in [-0.2, 0) is 0 Å². The van der Waals surface area contributed by atoms with Gasteiger partial charge in [-0.1, -0.05) is 12.1 Å². The zero-order chi connectivity index (χ0) is 23.1. The Kier molecular flexibility index (Phi) is 5.46. The Morgan fingerprint density at radius 1 is 0.879 bits per heavy atom. The van der Waals surface area contributed by atoms with Crippen LogP contribution in [0.3, 0.4) is 0 Å². The summed E-state index contributed by atoms with van der Waals surface area (Å²) >= 11 is 5.91. The molecule has 2 atom stereocenters. The first kappa shape index (κ1) is 21.3. The maximum absolute atomic E-state index is 5.91. The second kappa shape index (κ2) is 8.45. The van der Waals surface area contributed by atoms with E-state index < -0.39 is 0 Å². The maximum Gasteiger partial charge on any atom is 0.174 e. The minimum atomic E-state index is -0.0673. The number of thiocarbonyl (C=S) groups is 1. The molecule has 5 nitrogen and oxygen atoms in total. The molecule has 1 aromatic carbocycles. The molecular formula is C27H27N5S. The van der Waals surface area contributed by atoms with Crippen LogP contribution in [0.4, 0.5) is 5.69 Å². The van der Waals surface area contributed by atoms with Crippen LogP contribution in [0.15, 0.2) is 73.2 Å². The summed E-state index contributed by atoms with van der Waals surface area (Å²) in [6.45, 7) is 8.57. The minimum absolute atomic E-state index is 0.0368. The molecule has 0 amide bonds. The summed E-state index contributed by atoms with van der Waals surface area (Å²) in [5.74, 6) is 0. The molecule has 5 rings (SSSR count). The Bertz CT molecular complexity index is 1290. The Morgan fingerprint density at radius 2 is 1.67 bits per heavy atom. The Balaban J connectivity index is 1.70. The highest BCUT2D eigenvalue weighted by molar-refractivity contribution is 7.80. The van der Waals surface area contributed by atoms with E-state index in [1.54, 1.807) is 6.20 Å². The lowest BCUT2D eigenvalue weighted by atomic mass is 9.96.